The van der Waals surface area contributed by atoms with Gasteiger partial charge >= 0.3 is 0 Å². The van der Waals surface area contributed by atoms with Gasteiger partial charge in [0.15, 0.2) is 0 Å². The summed E-state index contributed by atoms with van der Waals surface area (Å²) in [5, 5.41) is 2.64. The van der Waals surface area contributed by atoms with Crippen LogP contribution in [0.25, 0.3) is 0 Å². The number of hydrogen-bond acceptors (Lipinski definition) is 4. The number of piperazine rings is 1. The molecular weight excluding hydrogens is 362 g/mol. The molecule has 0 bridgehead atoms. The highest BCUT2D eigenvalue weighted by molar-refractivity contribution is 7.80. The minimum Gasteiger partial charge on any atom is -0.343 e. The third-order valence-corrected chi connectivity index (χ3v) is 4.88. The average molecular weight is 383 g/mol. The van der Waals surface area contributed by atoms with Gasteiger partial charge in [0.25, 0.3) is 11.8 Å². The number of hydrogen-bond donors (Lipinski definition) is 2. The molecule has 1 heterocycles. The molecule has 0 aromatic heterocycles. The topological polar surface area (TPSA) is 69.7 Å². The van der Waals surface area contributed by atoms with Crippen molar-refractivity contribution in [2.24, 2.45) is 0 Å². The van der Waals surface area contributed by atoms with Gasteiger partial charge < -0.3 is 15.1 Å². The Balaban J connectivity index is 1.49. The zero-order valence-corrected chi connectivity index (χ0v) is 15.7. The highest BCUT2D eigenvalue weighted by Gasteiger charge is 2.25. The summed E-state index contributed by atoms with van der Waals surface area (Å²) in [7, 11) is 0. The summed E-state index contributed by atoms with van der Waals surface area (Å²) in [6, 6.07) is 15.9. The fourth-order valence-corrected chi connectivity index (χ4v) is 3.20. The Morgan fingerprint density at radius 3 is 2.11 bits per heavy atom. The number of carbonyl (C=O) groups is 3. The molecule has 6 nitrogen and oxygen atoms in total. The van der Waals surface area contributed by atoms with Crippen LogP contribution < -0.4 is 5.32 Å². The van der Waals surface area contributed by atoms with Crippen LogP contribution in [0.1, 0.15) is 20.7 Å². The van der Waals surface area contributed by atoms with Crippen molar-refractivity contribution in [1.29, 1.82) is 0 Å². The summed E-state index contributed by atoms with van der Waals surface area (Å²) in [5.41, 5.74) is 1.09. The van der Waals surface area contributed by atoms with Gasteiger partial charge in [-0.2, -0.15) is 0 Å². The van der Waals surface area contributed by atoms with E-state index in [-0.39, 0.29) is 24.3 Å². The maximum atomic E-state index is 12.6. The molecule has 0 radical (unpaired) electrons. The van der Waals surface area contributed by atoms with Gasteiger partial charge in [-0.3, -0.25) is 14.4 Å². The van der Waals surface area contributed by atoms with Crippen LogP contribution in [0.3, 0.4) is 0 Å². The van der Waals surface area contributed by atoms with Gasteiger partial charge in [0.2, 0.25) is 5.91 Å². The Morgan fingerprint density at radius 2 is 1.44 bits per heavy atom. The van der Waals surface area contributed by atoms with E-state index >= 15 is 0 Å². The van der Waals surface area contributed by atoms with Gasteiger partial charge in [0.1, 0.15) is 0 Å². The molecule has 7 heteroatoms. The molecule has 1 saturated heterocycles. The zero-order valence-electron chi connectivity index (χ0n) is 14.8. The SMILES string of the molecule is O=C(NCC(=O)N1CCN(C(=O)c2ccccc2S)CC1)c1ccccc1. The van der Waals surface area contributed by atoms with Gasteiger partial charge in [-0.05, 0) is 24.3 Å². The van der Waals surface area contributed by atoms with Crippen LogP contribution in [0.15, 0.2) is 59.5 Å². The standard InChI is InChI=1S/C20H21N3O3S/c24-18(14-21-19(25)15-6-2-1-3-7-15)22-10-12-23(13-11-22)20(26)16-8-4-5-9-17(16)27/h1-9,27H,10-14H2,(H,21,25). The second-order valence-electron chi connectivity index (χ2n) is 6.24. The van der Waals surface area contributed by atoms with E-state index in [1.165, 1.54) is 0 Å². The summed E-state index contributed by atoms with van der Waals surface area (Å²) in [5.74, 6) is -0.505. The van der Waals surface area contributed by atoms with E-state index in [0.717, 1.165) is 0 Å². The number of thiol groups is 1. The number of benzene rings is 2. The first-order chi connectivity index (χ1) is 13.1. The van der Waals surface area contributed by atoms with Crippen LogP contribution in [0.2, 0.25) is 0 Å². The van der Waals surface area contributed by atoms with Crippen molar-refractivity contribution >= 4 is 30.4 Å². The number of amides is 3. The fraction of sp³-hybridized carbons (Fsp3) is 0.250. The number of nitrogens with one attached hydrogen (secondary N) is 1. The van der Waals surface area contributed by atoms with E-state index < -0.39 is 0 Å². The molecule has 0 saturated carbocycles. The highest BCUT2D eigenvalue weighted by Crippen LogP contribution is 2.16. The number of rotatable bonds is 4. The lowest BCUT2D eigenvalue weighted by Gasteiger charge is -2.35. The summed E-state index contributed by atoms with van der Waals surface area (Å²) >= 11 is 4.33. The minimum absolute atomic E-state index is 0.0544. The molecule has 2 aromatic carbocycles. The molecular formula is C20H21N3O3S. The lowest BCUT2D eigenvalue weighted by atomic mass is 10.1. The third kappa shape index (κ3) is 4.68. The molecule has 140 valence electrons. The van der Waals surface area contributed by atoms with Crippen molar-refractivity contribution in [1.82, 2.24) is 15.1 Å². The second kappa shape index (κ2) is 8.73. The first-order valence-electron chi connectivity index (χ1n) is 8.74. The molecule has 0 unspecified atom stereocenters. The molecule has 1 aliphatic heterocycles. The van der Waals surface area contributed by atoms with Gasteiger partial charge in [-0.25, -0.2) is 0 Å². The Labute approximate surface area is 163 Å². The van der Waals surface area contributed by atoms with E-state index in [2.05, 4.69) is 17.9 Å². The molecule has 1 fully saturated rings. The summed E-state index contributed by atoms with van der Waals surface area (Å²) in [4.78, 5) is 41.0. The Morgan fingerprint density at radius 1 is 0.852 bits per heavy atom. The quantitative estimate of drug-likeness (QED) is 0.790. The van der Waals surface area contributed by atoms with Gasteiger partial charge in [0.05, 0.1) is 12.1 Å². The maximum Gasteiger partial charge on any atom is 0.255 e. The normalized spacial score (nSPS) is 14.0. The minimum atomic E-state index is -0.275. The molecule has 27 heavy (non-hydrogen) atoms. The smallest absolute Gasteiger partial charge is 0.255 e. The monoisotopic (exact) mass is 383 g/mol. The van der Waals surface area contributed by atoms with Crippen LogP contribution in [0, 0.1) is 0 Å². The van der Waals surface area contributed by atoms with E-state index in [0.29, 0.717) is 42.2 Å². The van der Waals surface area contributed by atoms with Crippen molar-refractivity contribution in [3.05, 3.63) is 65.7 Å². The van der Waals surface area contributed by atoms with Crippen molar-refractivity contribution in [3.8, 4) is 0 Å². The zero-order chi connectivity index (χ0) is 19.2. The molecule has 0 aliphatic carbocycles. The van der Waals surface area contributed by atoms with E-state index in [4.69, 9.17) is 0 Å². The third-order valence-electron chi connectivity index (χ3n) is 4.49. The molecule has 0 atom stereocenters. The van der Waals surface area contributed by atoms with Crippen LogP contribution in [0.4, 0.5) is 0 Å². The second-order valence-corrected chi connectivity index (χ2v) is 6.72. The Hall–Kier alpha value is -2.80. The molecule has 3 rings (SSSR count). The van der Waals surface area contributed by atoms with Gasteiger partial charge in [0, 0.05) is 36.6 Å². The summed E-state index contributed by atoms with van der Waals surface area (Å²) < 4.78 is 0. The van der Waals surface area contributed by atoms with Crippen LogP contribution >= 0.6 is 12.6 Å². The predicted octanol–water partition coefficient (Wildman–Crippen LogP) is 1.69. The highest BCUT2D eigenvalue weighted by atomic mass is 32.1. The fourth-order valence-electron chi connectivity index (χ4n) is 2.94. The van der Waals surface area contributed by atoms with Gasteiger partial charge in [-0.1, -0.05) is 30.3 Å². The first-order valence-corrected chi connectivity index (χ1v) is 9.19. The Kier molecular flexibility index (Phi) is 6.13. The van der Waals surface area contributed by atoms with Crippen molar-refractivity contribution in [2.75, 3.05) is 32.7 Å². The first kappa shape index (κ1) is 19.0. The van der Waals surface area contributed by atoms with E-state index in [1.807, 2.05) is 18.2 Å². The number of carbonyl (C=O) groups excluding carboxylic acids is 3. The number of nitrogens with zero attached hydrogens (tertiary/aromatic N) is 2. The van der Waals surface area contributed by atoms with Crippen molar-refractivity contribution in [2.45, 2.75) is 4.90 Å². The summed E-state index contributed by atoms with van der Waals surface area (Å²) in [6.07, 6.45) is 0. The molecule has 2 aromatic rings. The average Bonchev–Trinajstić information content (AvgIpc) is 2.72. The largest absolute Gasteiger partial charge is 0.343 e. The van der Waals surface area contributed by atoms with Crippen molar-refractivity contribution < 1.29 is 14.4 Å². The maximum absolute atomic E-state index is 12.6. The Bertz CT molecular complexity index is 833. The molecule has 0 spiro atoms. The lowest BCUT2D eigenvalue weighted by Crippen LogP contribution is -2.52. The van der Waals surface area contributed by atoms with E-state index in [1.54, 1.807) is 46.2 Å². The molecule has 1 N–H and O–H groups in total. The predicted molar refractivity (Wildman–Crippen MR) is 105 cm³/mol. The molecule has 3 amide bonds. The van der Waals surface area contributed by atoms with Gasteiger partial charge in [-0.15, -0.1) is 12.6 Å². The lowest BCUT2D eigenvalue weighted by molar-refractivity contribution is -0.131. The van der Waals surface area contributed by atoms with E-state index in [9.17, 15) is 14.4 Å². The summed E-state index contributed by atoms with van der Waals surface area (Å²) in [6.45, 7) is 1.75. The van der Waals surface area contributed by atoms with Crippen LogP contribution in [0.5, 0.6) is 0 Å². The van der Waals surface area contributed by atoms with Crippen LogP contribution in [-0.2, 0) is 4.79 Å². The molecule has 1 aliphatic rings. The van der Waals surface area contributed by atoms with Crippen LogP contribution in [-0.4, -0.2) is 60.2 Å². The van der Waals surface area contributed by atoms with Crippen molar-refractivity contribution in [3.63, 3.8) is 0 Å².